The topological polar surface area (TPSA) is 89.9 Å². The first-order valence-corrected chi connectivity index (χ1v) is 6.47. The highest BCUT2D eigenvalue weighted by molar-refractivity contribution is 5.67. The molecule has 0 heterocycles. The van der Waals surface area contributed by atoms with Crippen LogP contribution >= 0.6 is 0 Å². The summed E-state index contributed by atoms with van der Waals surface area (Å²) in [4.78, 5) is 23.3. The minimum atomic E-state index is -1.39. The van der Waals surface area contributed by atoms with Gasteiger partial charge in [0, 0.05) is 12.1 Å². The van der Waals surface area contributed by atoms with Gasteiger partial charge in [-0.2, -0.15) is 0 Å². The fourth-order valence-corrected chi connectivity index (χ4v) is 1.93. The minimum Gasteiger partial charge on any atom is -0.465 e. The van der Waals surface area contributed by atoms with E-state index in [0.717, 1.165) is 17.0 Å². The number of benzene rings is 1. The Morgan fingerprint density at radius 2 is 1.82 bits per heavy atom. The van der Waals surface area contributed by atoms with Gasteiger partial charge in [0.25, 0.3) is 0 Å². The molecular weight excluding hydrogens is 298 g/mol. The standard InChI is InChI=1S/C14H18F2N2O4/c1-14(2,3)18(13(21)22)7-11(17-12(19)20)8-4-5-9(15)10(16)6-8/h4-6,11,17H,7H2,1-3H3,(H,19,20)(H,21,22). The van der Waals surface area contributed by atoms with E-state index in [-0.39, 0.29) is 12.1 Å². The van der Waals surface area contributed by atoms with Crippen molar-refractivity contribution in [2.75, 3.05) is 6.54 Å². The number of hydrogen-bond donors (Lipinski definition) is 3. The number of nitrogens with zero attached hydrogens (tertiary/aromatic N) is 1. The van der Waals surface area contributed by atoms with Crippen molar-refractivity contribution in [3.63, 3.8) is 0 Å². The Labute approximate surface area is 126 Å². The van der Waals surface area contributed by atoms with Crippen molar-refractivity contribution < 1.29 is 28.6 Å². The number of carboxylic acid groups (broad SMARTS) is 2. The first kappa shape index (κ1) is 17.7. The Balaban J connectivity index is 3.14. The molecule has 3 N–H and O–H groups in total. The van der Waals surface area contributed by atoms with E-state index in [1.807, 2.05) is 0 Å². The van der Waals surface area contributed by atoms with Crippen LogP contribution in [-0.2, 0) is 0 Å². The molecule has 1 unspecified atom stereocenters. The monoisotopic (exact) mass is 316 g/mol. The van der Waals surface area contributed by atoms with Gasteiger partial charge in [-0.15, -0.1) is 0 Å². The maximum atomic E-state index is 13.3. The fourth-order valence-electron chi connectivity index (χ4n) is 1.93. The molecule has 0 aliphatic rings. The number of nitrogens with one attached hydrogen (secondary N) is 1. The molecule has 1 aromatic carbocycles. The van der Waals surface area contributed by atoms with E-state index in [4.69, 9.17) is 5.11 Å². The molecule has 0 radical (unpaired) electrons. The SMILES string of the molecule is CC(C)(C)N(CC(NC(=O)O)c1ccc(F)c(F)c1)C(=O)O. The fraction of sp³-hybridized carbons (Fsp3) is 0.429. The summed E-state index contributed by atoms with van der Waals surface area (Å²) < 4.78 is 26.3. The zero-order chi connectivity index (χ0) is 17.1. The van der Waals surface area contributed by atoms with Gasteiger partial charge in [-0.05, 0) is 38.5 Å². The van der Waals surface area contributed by atoms with Gasteiger partial charge in [0.1, 0.15) is 0 Å². The van der Waals surface area contributed by atoms with Crippen molar-refractivity contribution in [1.82, 2.24) is 10.2 Å². The lowest BCUT2D eigenvalue weighted by atomic mass is 10.0. The first-order chi connectivity index (χ1) is 10.0. The summed E-state index contributed by atoms with van der Waals surface area (Å²) in [5.74, 6) is -2.20. The highest BCUT2D eigenvalue weighted by atomic mass is 19.2. The van der Waals surface area contributed by atoms with Crippen LogP contribution in [0.15, 0.2) is 18.2 Å². The lowest BCUT2D eigenvalue weighted by molar-refractivity contribution is 0.0919. The maximum Gasteiger partial charge on any atom is 0.407 e. The predicted molar refractivity (Wildman–Crippen MR) is 74.7 cm³/mol. The van der Waals surface area contributed by atoms with Crippen LogP contribution in [0.5, 0.6) is 0 Å². The molecule has 8 heteroatoms. The van der Waals surface area contributed by atoms with Gasteiger partial charge in [-0.25, -0.2) is 18.4 Å². The van der Waals surface area contributed by atoms with Crippen LogP contribution in [-0.4, -0.2) is 39.4 Å². The number of hydrogen-bond acceptors (Lipinski definition) is 2. The van der Waals surface area contributed by atoms with Crippen LogP contribution in [0.1, 0.15) is 32.4 Å². The summed E-state index contributed by atoms with van der Waals surface area (Å²) in [5, 5.41) is 20.3. The number of carbonyl (C=O) groups is 2. The van der Waals surface area contributed by atoms with Crippen LogP contribution in [0.25, 0.3) is 0 Å². The third kappa shape index (κ3) is 4.57. The average molecular weight is 316 g/mol. The van der Waals surface area contributed by atoms with Crippen molar-refractivity contribution in [2.45, 2.75) is 32.4 Å². The molecule has 0 bridgehead atoms. The summed E-state index contributed by atoms with van der Waals surface area (Å²) >= 11 is 0. The van der Waals surface area contributed by atoms with Gasteiger partial charge in [0.05, 0.1) is 6.04 Å². The maximum absolute atomic E-state index is 13.3. The van der Waals surface area contributed by atoms with Crippen molar-refractivity contribution in [1.29, 1.82) is 0 Å². The van der Waals surface area contributed by atoms with Crippen molar-refractivity contribution in [3.05, 3.63) is 35.4 Å². The second kappa shape index (κ2) is 6.59. The highest BCUT2D eigenvalue weighted by Gasteiger charge is 2.30. The second-order valence-corrected chi connectivity index (χ2v) is 5.74. The molecule has 2 amide bonds. The van der Waals surface area contributed by atoms with E-state index < -0.39 is 35.4 Å². The van der Waals surface area contributed by atoms with Crippen molar-refractivity contribution in [2.24, 2.45) is 0 Å². The minimum absolute atomic E-state index is 0.136. The van der Waals surface area contributed by atoms with Gasteiger partial charge >= 0.3 is 12.2 Å². The Morgan fingerprint density at radius 1 is 1.23 bits per heavy atom. The molecule has 0 aliphatic heterocycles. The summed E-state index contributed by atoms with van der Waals surface area (Å²) in [7, 11) is 0. The van der Waals surface area contributed by atoms with Crippen LogP contribution in [0.2, 0.25) is 0 Å². The number of halogens is 2. The molecule has 0 saturated carbocycles. The smallest absolute Gasteiger partial charge is 0.407 e. The molecule has 122 valence electrons. The van der Waals surface area contributed by atoms with E-state index in [1.165, 1.54) is 6.07 Å². The molecule has 6 nitrogen and oxygen atoms in total. The number of amides is 2. The van der Waals surface area contributed by atoms with Gasteiger partial charge in [0.2, 0.25) is 0 Å². The molecule has 1 atom stereocenters. The zero-order valence-corrected chi connectivity index (χ0v) is 12.4. The van der Waals surface area contributed by atoms with E-state index in [1.54, 1.807) is 20.8 Å². The molecule has 0 spiro atoms. The van der Waals surface area contributed by atoms with Gasteiger partial charge in [-0.1, -0.05) is 6.07 Å². The van der Waals surface area contributed by atoms with Crippen LogP contribution in [0.4, 0.5) is 18.4 Å². The van der Waals surface area contributed by atoms with E-state index >= 15 is 0 Å². The molecule has 22 heavy (non-hydrogen) atoms. The molecule has 1 aromatic rings. The third-order valence-electron chi connectivity index (χ3n) is 3.05. The van der Waals surface area contributed by atoms with Crippen LogP contribution in [0, 0.1) is 11.6 Å². The quantitative estimate of drug-likeness (QED) is 0.796. The largest absolute Gasteiger partial charge is 0.465 e. The van der Waals surface area contributed by atoms with Gasteiger partial charge in [-0.3, -0.25) is 0 Å². The Kier molecular flexibility index (Phi) is 5.29. The molecule has 0 saturated heterocycles. The molecule has 0 aromatic heterocycles. The molecule has 1 rings (SSSR count). The lowest BCUT2D eigenvalue weighted by Gasteiger charge is -2.36. The van der Waals surface area contributed by atoms with Crippen molar-refractivity contribution >= 4 is 12.2 Å². The number of rotatable bonds is 4. The average Bonchev–Trinajstić information content (AvgIpc) is 2.35. The van der Waals surface area contributed by atoms with Crippen molar-refractivity contribution in [3.8, 4) is 0 Å². The van der Waals surface area contributed by atoms with Gasteiger partial charge < -0.3 is 20.4 Å². The summed E-state index contributed by atoms with van der Waals surface area (Å²) in [5.41, 5.74) is -0.653. The predicted octanol–water partition coefficient (Wildman–Crippen LogP) is 3.05. The zero-order valence-electron chi connectivity index (χ0n) is 12.4. The lowest BCUT2D eigenvalue weighted by Crippen LogP contribution is -2.49. The summed E-state index contributed by atoms with van der Waals surface area (Å²) in [6.07, 6.45) is -2.64. The Morgan fingerprint density at radius 3 is 2.23 bits per heavy atom. The second-order valence-electron chi connectivity index (χ2n) is 5.74. The molecular formula is C14H18F2N2O4. The van der Waals surface area contributed by atoms with E-state index in [9.17, 15) is 23.5 Å². The molecule has 0 fully saturated rings. The molecule has 0 aliphatic carbocycles. The normalized spacial score (nSPS) is 12.6. The van der Waals surface area contributed by atoms with Crippen LogP contribution < -0.4 is 5.32 Å². The Bertz CT molecular complexity index is 572. The Hall–Kier alpha value is -2.38. The van der Waals surface area contributed by atoms with Gasteiger partial charge in [0.15, 0.2) is 11.6 Å². The summed E-state index contributed by atoms with van der Waals surface area (Å²) in [6, 6.07) is 1.90. The van der Waals surface area contributed by atoms with E-state index in [0.29, 0.717) is 0 Å². The summed E-state index contributed by atoms with van der Waals surface area (Å²) in [6.45, 7) is 4.69. The van der Waals surface area contributed by atoms with Crippen LogP contribution in [0.3, 0.4) is 0 Å². The third-order valence-corrected chi connectivity index (χ3v) is 3.05. The highest BCUT2D eigenvalue weighted by Crippen LogP contribution is 2.22. The van der Waals surface area contributed by atoms with E-state index in [2.05, 4.69) is 5.32 Å². The first-order valence-electron chi connectivity index (χ1n) is 6.47.